The summed E-state index contributed by atoms with van der Waals surface area (Å²) >= 11 is 8.31. The lowest BCUT2D eigenvalue weighted by Crippen LogP contribution is -2.49. The van der Waals surface area contributed by atoms with Gasteiger partial charge in [-0.2, -0.15) is 0 Å². The highest BCUT2D eigenvalue weighted by atomic mass is 127. The maximum absolute atomic E-state index is 13.2. The third-order valence-electron chi connectivity index (χ3n) is 6.54. The van der Waals surface area contributed by atoms with E-state index in [4.69, 9.17) is 22.1 Å². The highest BCUT2D eigenvalue weighted by molar-refractivity contribution is 14.1. The first kappa shape index (κ1) is 20.9. The van der Waals surface area contributed by atoms with Crippen LogP contribution < -0.4 is 5.73 Å². The van der Waals surface area contributed by atoms with Crippen molar-refractivity contribution in [2.75, 3.05) is 19.4 Å². The SMILES string of the molecule is CN1C2CC[C@@H]1C[C@H](c1ccc(Cl)cc1)C2C(=O)OCCc1ccc(N)c(I)c1. The number of rotatable bonds is 5. The molecule has 4 nitrogen and oxygen atoms in total. The Hall–Kier alpha value is -1.31. The molecule has 29 heavy (non-hydrogen) atoms. The first-order chi connectivity index (χ1) is 13.9. The Morgan fingerprint density at radius 2 is 2.00 bits per heavy atom. The maximum Gasteiger partial charge on any atom is 0.311 e. The summed E-state index contributed by atoms with van der Waals surface area (Å²) in [6.07, 6.45) is 3.90. The number of halogens is 2. The fraction of sp³-hybridized carbons (Fsp3) is 0.435. The number of benzene rings is 2. The zero-order valence-corrected chi connectivity index (χ0v) is 19.4. The maximum atomic E-state index is 13.2. The Morgan fingerprint density at radius 3 is 2.72 bits per heavy atom. The number of esters is 1. The molecule has 6 heteroatoms. The quantitative estimate of drug-likeness (QED) is 0.344. The van der Waals surface area contributed by atoms with Gasteiger partial charge in [0.1, 0.15) is 0 Å². The fourth-order valence-electron chi connectivity index (χ4n) is 4.93. The molecule has 0 radical (unpaired) electrons. The van der Waals surface area contributed by atoms with Crippen LogP contribution in [0.25, 0.3) is 0 Å². The monoisotopic (exact) mass is 524 g/mol. The Labute approximate surface area is 190 Å². The van der Waals surface area contributed by atoms with Crippen LogP contribution in [0, 0.1) is 9.49 Å². The van der Waals surface area contributed by atoms with Gasteiger partial charge in [-0.25, -0.2) is 0 Å². The van der Waals surface area contributed by atoms with Crippen LogP contribution in [0.4, 0.5) is 5.69 Å². The van der Waals surface area contributed by atoms with E-state index in [0.717, 1.165) is 39.1 Å². The minimum absolute atomic E-state index is 0.0766. The molecular formula is C23H26ClIN2O2. The van der Waals surface area contributed by atoms with Crippen LogP contribution >= 0.6 is 34.2 Å². The molecule has 4 rings (SSSR count). The van der Waals surface area contributed by atoms with Crippen molar-refractivity contribution in [3.05, 3.63) is 62.2 Å². The summed E-state index contributed by atoms with van der Waals surface area (Å²) in [5.74, 6) is -0.0234. The summed E-state index contributed by atoms with van der Waals surface area (Å²) in [6, 6.07) is 14.7. The summed E-state index contributed by atoms with van der Waals surface area (Å²) in [4.78, 5) is 15.6. The average Bonchev–Trinajstić information content (AvgIpc) is 2.93. The van der Waals surface area contributed by atoms with Crippen molar-refractivity contribution in [3.8, 4) is 0 Å². The van der Waals surface area contributed by atoms with Gasteiger partial charge in [-0.3, -0.25) is 9.69 Å². The van der Waals surface area contributed by atoms with Gasteiger partial charge in [-0.1, -0.05) is 29.8 Å². The zero-order valence-electron chi connectivity index (χ0n) is 16.5. The molecule has 2 saturated heterocycles. The standard InChI is InChI=1S/C23H26ClIN2O2/c1-27-17-7-9-21(27)22(18(13-17)15-3-5-16(24)6-4-15)23(28)29-11-10-14-2-8-20(26)19(25)12-14/h2-6,8,12,17-18,21-22H,7,9-11,13,26H2,1H3/t17-,18-,21?,22?/m1/s1. The number of carbonyl (C=O) groups excluding carboxylic acids is 1. The van der Waals surface area contributed by atoms with Gasteiger partial charge in [0.2, 0.25) is 0 Å². The molecule has 154 valence electrons. The number of hydrogen-bond acceptors (Lipinski definition) is 4. The molecule has 2 bridgehead atoms. The van der Waals surface area contributed by atoms with Crippen molar-refractivity contribution in [1.82, 2.24) is 4.90 Å². The number of piperidine rings is 1. The summed E-state index contributed by atoms with van der Waals surface area (Å²) in [5, 5.41) is 0.724. The number of ether oxygens (including phenoxy) is 1. The first-order valence-corrected chi connectivity index (χ1v) is 11.6. The number of carbonyl (C=O) groups is 1. The molecule has 0 amide bonds. The Kier molecular flexibility index (Phi) is 6.37. The number of hydrogen-bond donors (Lipinski definition) is 1. The number of nitrogen functional groups attached to an aromatic ring is 1. The normalized spacial score (nSPS) is 26.4. The fourth-order valence-corrected chi connectivity index (χ4v) is 5.64. The van der Waals surface area contributed by atoms with Gasteiger partial charge >= 0.3 is 5.97 Å². The van der Waals surface area contributed by atoms with E-state index in [2.05, 4.69) is 52.7 Å². The largest absolute Gasteiger partial charge is 0.465 e. The van der Waals surface area contributed by atoms with E-state index < -0.39 is 0 Å². The Bertz CT molecular complexity index is 889. The Morgan fingerprint density at radius 1 is 1.24 bits per heavy atom. The molecule has 0 saturated carbocycles. The number of nitrogens with zero attached hydrogens (tertiary/aromatic N) is 1. The molecule has 2 aromatic rings. The lowest BCUT2D eigenvalue weighted by Gasteiger charge is -2.42. The summed E-state index contributed by atoms with van der Waals surface area (Å²) < 4.78 is 6.83. The van der Waals surface area contributed by atoms with Gasteiger partial charge in [-0.15, -0.1) is 0 Å². The third-order valence-corrected chi connectivity index (χ3v) is 7.73. The zero-order chi connectivity index (χ0) is 20.5. The minimum Gasteiger partial charge on any atom is -0.465 e. The second kappa shape index (κ2) is 8.82. The van der Waals surface area contributed by atoms with E-state index in [1.54, 1.807) is 0 Å². The first-order valence-electron chi connectivity index (χ1n) is 10.1. The Balaban J connectivity index is 1.47. The van der Waals surface area contributed by atoms with E-state index in [9.17, 15) is 4.79 Å². The molecule has 4 atom stereocenters. The lowest BCUT2D eigenvalue weighted by atomic mass is 9.76. The van der Waals surface area contributed by atoms with Gasteiger partial charge in [0, 0.05) is 38.7 Å². The van der Waals surface area contributed by atoms with Crippen LogP contribution in [-0.2, 0) is 16.0 Å². The van der Waals surface area contributed by atoms with Crippen LogP contribution in [0.3, 0.4) is 0 Å². The molecule has 0 aliphatic carbocycles. The molecule has 2 N–H and O–H groups in total. The molecule has 0 spiro atoms. The third kappa shape index (κ3) is 4.42. The molecule has 2 aliphatic heterocycles. The molecule has 2 heterocycles. The van der Waals surface area contributed by atoms with Crippen LogP contribution in [0.15, 0.2) is 42.5 Å². The van der Waals surface area contributed by atoms with E-state index >= 15 is 0 Å². The van der Waals surface area contributed by atoms with Gasteiger partial charge < -0.3 is 10.5 Å². The molecule has 2 aromatic carbocycles. The number of fused-ring (bicyclic) bond motifs is 2. The predicted molar refractivity (Wildman–Crippen MR) is 125 cm³/mol. The van der Waals surface area contributed by atoms with Crippen molar-refractivity contribution in [1.29, 1.82) is 0 Å². The second-order valence-corrected chi connectivity index (χ2v) is 9.76. The van der Waals surface area contributed by atoms with Crippen molar-refractivity contribution in [3.63, 3.8) is 0 Å². The van der Waals surface area contributed by atoms with Crippen molar-refractivity contribution < 1.29 is 9.53 Å². The summed E-state index contributed by atoms with van der Waals surface area (Å²) in [5.41, 5.74) is 8.98. The molecular weight excluding hydrogens is 499 g/mol. The highest BCUT2D eigenvalue weighted by Gasteiger charge is 2.49. The summed E-state index contributed by atoms with van der Waals surface area (Å²) in [7, 11) is 2.15. The molecule has 2 fully saturated rings. The van der Waals surface area contributed by atoms with Gasteiger partial charge in [0.05, 0.1) is 12.5 Å². The topological polar surface area (TPSA) is 55.6 Å². The van der Waals surface area contributed by atoms with E-state index in [0.29, 0.717) is 19.1 Å². The van der Waals surface area contributed by atoms with E-state index in [-0.39, 0.29) is 23.8 Å². The molecule has 2 unspecified atom stereocenters. The molecule has 2 aliphatic rings. The van der Waals surface area contributed by atoms with Gasteiger partial charge in [0.25, 0.3) is 0 Å². The highest BCUT2D eigenvalue weighted by Crippen LogP contribution is 2.46. The smallest absolute Gasteiger partial charge is 0.311 e. The van der Waals surface area contributed by atoms with Crippen LogP contribution in [0.2, 0.25) is 5.02 Å². The number of anilines is 1. The molecule has 0 aromatic heterocycles. The predicted octanol–water partition coefficient (Wildman–Crippen LogP) is 4.88. The van der Waals surface area contributed by atoms with E-state index in [1.165, 1.54) is 5.56 Å². The lowest BCUT2D eigenvalue weighted by molar-refractivity contribution is -0.153. The van der Waals surface area contributed by atoms with Crippen LogP contribution in [0.5, 0.6) is 0 Å². The minimum atomic E-state index is -0.133. The second-order valence-electron chi connectivity index (χ2n) is 8.16. The van der Waals surface area contributed by atoms with Crippen molar-refractivity contribution >= 4 is 45.8 Å². The number of nitrogens with two attached hydrogens (primary N) is 1. The van der Waals surface area contributed by atoms with Crippen LogP contribution in [-0.4, -0.2) is 36.6 Å². The van der Waals surface area contributed by atoms with Gasteiger partial charge in [-0.05, 0) is 84.3 Å². The summed E-state index contributed by atoms with van der Waals surface area (Å²) in [6.45, 7) is 0.391. The van der Waals surface area contributed by atoms with Crippen molar-refractivity contribution in [2.45, 2.75) is 43.7 Å². The average molecular weight is 525 g/mol. The van der Waals surface area contributed by atoms with E-state index in [1.807, 2.05) is 24.3 Å². The van der Waals surface area contributed by atoms with Gasteiger partial charge in [0.15, 0.2) is 0 Å². The van der Waals surface area contributed by atoms with Crippen molar-refractivity contribution in [2.24, 2.45) is 5.92 Å². The van der Waals surface area contributed by atoms with Crippen LogP contribution in [0.1, 0.15) is 36.3 Å².